The fraction of sp³-hybridized carbons (Fsp3) is 0.611. The number of piperidine rings is 1. The second-order valence-electron chi connectivity index (χ2n) is 7.84. The maximum absolute atomic E-state index is 14.3. The van der Waals surface area contributed by atoms with E-state index in [1.165, 1.54) is 18.2 Å². The lowest BCUT2D eigenvalue weighted by Gasteiger charge is -2.32. The predicted octanol–water partition coefficient (Wildman–Crippen LogP) is 2.03. The highest BCUT2D eigenvalue weighted by molar-refractivity contribution is 6.62. The normalized spacial score (nSPS) is 24.0. The summed E-state index contributed by atoms with van der Waals surface area (Å²) >= 11 is 0. The molecule has 1 aromatic carbocycles. The van der Waals surface area contributed by atoms with Crippen molar-refractivity contribution in [1.82, 2.24) is 10.6 Å². The molecule has 2 fully saturated rings. The van der Waals surface area contributed by atoms with Gasteiger partial charge in [-0.2, -0.15) is 0 Å². The summed E-state index contributed by atoms with van der Waals surface area (Å²) in [7, 11) is -0.825. The van der Waals surface area contributed by atoms with E-state index in [1.807, 2.05) is 27.7 Å². The van der Waals surface area contributed by atoms with Crippen molar-refractivity contribution in [3.8, 4) is 0 Å². The van der Waals surface area contributed by atoms with Crippen molar-refractivity contribution in [2.24, 2.45) is 0 Å². The lowest BCUT2D eigenvalue weighted by atomic mass is 9.78. The van der Waals surface area contributed by atoms with Gasteiger partial charge >= 0.3 is 7.12 Å². The number of amides is 1. The van der Waals surface area contributed by atoms with Gasteiger partial charge in [0.25, 0.3) is 5.91 Å². The van der Waals surface area contributed by atoms with Crippen LogP contribution < -0.4 is 16.1 Å². The van der Waals surface area contributed by atoms with E-state index in [0.29, 0.717) is 5.56 Å². The molecule has 144 valence electrons. The highest BCUT2D eigenvalue weighted by Gasteiger charge is 2.52. The topological polar surface area (TPSA) is 59.6 Å². The van der Waals surface area contributed by atoms with E-state index < -0.39 is 24.1 Å². The van der Waals surface area contributed by atoms with Gasteiger partial charge in [0.2, 0.25) is 0 Å². The number of benzene rings is 1. The standard InChI is InChI=1S/C18H26BFN2O3.ClH/c1-17(2)18(3,4)25-19(24-17)14-10-12(7-8-15(14)20)16(23)22-13-6-5-9-21-11-13;/h7-8,10,13,21H,5-6,9,11H2,1-4H3,(H,22,23);1H. The molecule has 1 atom stereocenters. The number of carbonyl (C=O) groups is 1. The molecule has 0 spiro atoms. The van der Waals surface area contributed by atoms with E-state index in [4.69, 9.17) is 9.31 Å². The number of carbonyl (C=O) groups excluding carboxylic acids is 1. The lowest BCUT2D eigenvalue weighted by molar-refractivity contribution is 0.00578. The van der Waals surface area contributed by atoms with E-state index in [2.05, 4.69) is 10.6 Å². The van der Waals surface area contributed by atoms with E-state index in [0.717, 1.165) is 25.9 Å². The van der Waals surface area contributed by atoms with E-state index in [1.54, 1.807) is 0 Å². The van der Waals surface area contributed by atoms with Gasteiger partial charge in [0.05, 0.1) is 11.2 Å². The summed E-state index contributed by atoms with van der Waals surface area (Å²) in [5.74, 6) is -0.638. The van der Waals surface area contributed by atoms with Gasteiger partial charge < -0.3 is 19.9 Å². The minimum atomic E-state index is -0.825. The molecule has 0 aromatic heterocycles. The van der Waals surface area contributed by atoms with E-state index in [9.17, 15) is 9.18 Å². The van der Waals surface area contributed by atoms with Crippen LogP contribution in [0.1, 0.15) is 50.9 Å². The molecule has 2 aliphatic heterocycles. The molecule has 0 saturated carbocycles. The highest BCUT2D eigenvalue weighted by atomic mass is 35.5. The quantitative estimate of drug-likeness (QED) is 0.783. The molecule has 2 saturated heterocycles. The minimum absolute atomic E-state index is 0. The van der Waals surface area contributed by atoms with E-state index >= 15 is 0 Å². The molecule has 3 rings (SSSR count). The van der Waals surface area contributed by atoms with Crippen LogP contribution in [0.25, 0.3) is 0 Å². The second-order valence-corrected chi connectivity index (χ2v) is 7.84. The van der Waals surface area contributed by atoms with Gasteiger partial charge in [0.15, 0.2) is 0 Å². The molecule has 1 unspecified atom stereocenters. The van der Waals surface area contributed by atoms with Gasteiger partial charge in [0.1, 0.15) is 5.82 Å². The third-order valence-corrected chi connectivity index (χ3v) is 5.40. The number of nitrogens with one attached hydrogen (secondary N) is 2. The van der Waals surface area contributed by atoms with Crippen molar-refractivity contribution in [2.45, 2.75) is 57.8 Å². The molecule has 8 heteroatoms. The molecule has 1 amide bonds. The Hall–Kier alpha value is -1.15. The Balaban J connectivity index is 0.00000243. The monoisotopic (exact) mass is 384 g/mol. The molecular weight excluding hydrogens is 357 g/mol. The summed E-state index contributed by atoms with van der Waals surface area (Å²) in [4.78, 5) is 12.5. The van der Waals surface area contributed by atoms with Crippen LogP contribution in [0, 0.1) is 5.82 Å². The van der Waals surface area contributed by atoms with Gasteiger partial charge in [-0.1, -0.05) is 0 Å². The maximum atomic E-state index is 14.3. The largest absolute Gasteiger partial charge is 0.497 e. The van der Waals surface area contributed by atoms with Gasteiger partial charge in [-0.3, -0.25) is 4.79 Å². The van der Waals surface area contributed by atoms with Crippen molar-refractivity contribution in [1.29, 1.82) is 0 Å². The zero-order valence-electron chi connectivity index (χ0n) is 15.7. The molecule has 1 aromatic rings. The summed E-state index contributed by atoms with van der Waals surface area (Å²) < 4.78 is 26.2. The Morgan fingerprint density at radius 2 is 1.92 bits per heavy atom. The summed E-state index contributed by atoms with van der Waals surface area (Å²) in [6.07, 6.45) is 1.98. The van der Waals surface area contributed by atoms with Crippen molar-refractivity contribution in [2.75, 3.05) is 13.1 Å². The Labute approximate surface area is 160 Å². The highest BCUT2D eigenvalue weighted by Crippen LogP contribution is 2.36. The third-order valence-electron chi connectivity index (χ3n) is 5.40. The molecular formula is C18H27BClFN2O3. The van der Waals surface area contributed by atoms with Crippen LogP contribution in [0.2, 0.25) is 0 Å². The number of halogens is 2. The minimum Gasteiger partial charge on any atom is -0.399 e. The average molecular weight is 385 g/mol. The van der Waals surface area contributed by atoms with Crippen LogP contribution in [0.4, 0.5) is 4.39 Å². The van der Waals surface area contributed by atoms with Crippen LogP contribution in [0.5, 0.6) is 0 Å². The summed E-state index contributed by atoms with van der Waals surface area (Å²) in [5.41, 5.74) is -0.448. The van der Waals surface area contributed by atoms with Crippen LogP contribution >= 0.6 is 12.4 Å². The number of rotatable bonds is 3. The molecule has 2 N–H and O–H groups in total. The first kappa shape index (κ1) is 21.2. The van der Waals surface area contributed by atoms with E-state index in [-0.39, 0.29) is 29.8 Å². The van der Waals surface area contributed by atoms with Gasteiger partial charge in [0, 0.05) is 23.6 Å². The summed E-state index contributed by atoms with van der Waals surface area (Å²) in [6, 6.07) is 4.43. The first-order valence-corrected chi connectivity index (χ1v) is 8.86. The smallest absolute Gasteiger partial charge is 0.399 e. The predicted molar refractivity (Wildman–Crippen MR) is 103 cm³/mol. The fourth-order valence-electron chi connectivity index (χ4n) is 3.08. The third kappa shape index (κ3) is 4.22. The van der Waals surface area contributed by atoms with Gasteiger partial charge in [-0.25, -0.2) is 4.39 Å². The molecule has 26 heavy (non-hydrogen) atoms. The lowest BCUT2D eigenvalue weighted by Crippen LogP contribution is -2.46. The molecule has 0 radical (unpaired) electrons. The summed E-state index contributed by atoms with van der Waals surface area (Å²) in [6.45, 7) is 9.40. The van der Waals surface area contributed by atoms with Crippen LogP contribution in [0.3, 0.4) is 0 Å². The average Bonchev–Trinajstić information content (AvgIpc) is 2.76. The molecule has 2 heterocycles. The van der Waals surface area contributed by atoms with Crippen molar-refractivity contribution in [3.63, 3.8) is 0 Å². The summed E-state index contributed by atoms with van der Waals surface area (Å²) in [5, 5.41) is 6.26. The first-order valence-electron chi connectivity index (χ1n) is 8.86. The zero-order chi connectivity index (χ0) is 18.2. The Morgan fingerprint density at radius 3 is 2.50 bits per heavy atom. The van der Waals surface area contributed by atoms with Crippen LogP contribution in [0.15, 0.2) is 18.2 Å². The fourth-order valence-corrected chi connectivity index (χ4v) is 3.08. The molecule has 5 nitrogen and oxygen atoms in total. The van der Waals surface area contributed by atoms with Crippen LogP contribution in [-0.4, -0.2) is 43.4 Å². The van der Waals surface area contributed by atoms with Crippen molar-refractivity contribution >= 4 is 30.9 Å². The molecule has 0 aliphatic carbocycles. The van der Waals surface area contributed by atoms with Gasteiger partial charge in [-0.15, -0.1) is 12.4 Å². The molecule has 2 aliphatic rings. The zero-order valence-corrected chi connectivity index (χ0v) is 16.5. The SMILES string of the molecule is CC1(C)OB(c2cc(C(=O)NC3CCCNC3)ccc2F)OC1(C)C.Cl. The van der Waals surface area contributed by atoms with Crippen LogP contribution in [-0.2, 0) is 9.31 Å². The Morgan fingerprint density at radius 1 is 1.27 bits per heavy atom. The van der Waals surface area contributed by atoms with Crippen molar-refractivity contribution < 1.29 is 18.5 Å². The Kier molecular flexibility index (Phi) is 6.38. The second kappa shape index (κ2) is 7.84. The molecule has 0 bridgehead atoms. The van der Waals surface area contributed by atoms with Crippen molar-refractivity contribution in [3.05, 3.63) is 29.6 Å². The number of hydrogen-bond acceptors (Lipinski definition) is 4. The Bertz CT molecular complexity index is 650. The maximum Gasteiger partial charge on any atom is 0.497 e. The first-order chi connectivity index (χ1) is 11.7. The number of hydrogen-bond donors (Lipinski definition) is 2. The van der Waals surface area contributed by atoms with Gasteiger partial charge in [-0.05, 0) is 65.3 Å².